The molecule has 3 heteroatoms. The number of phenolic OH excluding ortho intramolecular Hbond substituents is 2. The van der Waals surface area contributed by atoms with Crippen LogP contribution in [0.4, 0.5) is 0 Å². The van der Waals surface area contributed by atoms with Crippen LogP contribution in [0.3, 0.4) is 0 Å². The molecule has 100 valence electrons. The average Bonchev–Trinajstić information content (AvgIpc) is 2.39. The molecule has 0 bridgehead atoms. The molecule has 0 spiro atoms. The van der Waals surface area contributed by atoms with Crippen molar-refractivity contribution in [3.05, 3.63) is 23.8 Å². The van der Waals surface area contributed by atoms with E-state index in [-0.39, 0.29) is 23.0 Å². The molecular weight excluding hydrogens is 228 g/mol. The minimum atomic E-state index is -0.0996. The summed E-state index contributed by atoms with van der Waals surface area (Å²) in [4.78, 5) is 0. The first-order chi connectivity index (χ1) is 8.62. The highest BCUT2D eigenvalue weighted by Crippen LogP contribution is 2.45. The van der Waals surface area contributed by atoms with Crippen molar-refractivity contribution in [3.8, 4) is 11.5 Å². The van der Waals surface area contributed by atoms with Crippen LogP contribution in [0, 0.1) is 0 Å². The molecule has 1 aliphatic rings. The zero-order valence-electron chi connectivity index (χ0n) is 11.1. The molecule has 0 amide bonds. The SMILES string of the molecule is CCC1(CC)CC(c2c(O)cccc2O)CCO1. The second kappa shape index (κ2) is 5.19. The smallest absolute Gasteiger partial charge is 0.122 e. The van der Waals surface area contributed by atoms with E-state index in [9.17, 15) is 10.2 Å². The van der Waals surface area contributed by atoms with E-state index in [0.29, 0.717) is 12.2 Å². The molecule has 1 atom stereocenters. The van der Waals surface area contributed by atoms with Gasteiger partial charge >= 0.3 is 0 Å². The van der Waals surface area contributed by atoms with E-state index in [0.717, 1.165) is 25.7 Å². The molecule has 2 N–H and O–H groups in total. The van der Waals surface area contributed by atoms with Crippen LogP contribution in [0.5, 0.6) is 11.5 Å². The van der Waals surface area contributed by atoms with Crippen LogP contribution in [0.2, 0.25) is 0 Å². The van der Waals surface area contributed by atoms with E-state index >= 15 is 0 Å². The fourth-order valence-corrected chi connectivity index (χ4v) is 2.98. The Morgan fingerprint density at radius 2 is 1.83 bits per heavy atom. The Morgan fingerprint density at radius 1 is 1.22 bits per heavy atom. The zero-order chi connectivity index (χ0) is 13.2. The molecule has 18 heavy (non-hydrogen) atoms. The molecule has 0 radical (unpaired) electrons. The van der Waals surface area contributed by atoms with Crippen molar-refractivity contribution in [2.75, 3.05) is 6.61 Å². The monoisotopic (exact) mass is 250 g/mol. The Bertz CT molecular complexity index is 390. The summed E-state index contributed by atoms with van der Waals surface area (Å²) in [5, 5.41) is 19.9. The quantitative estimate of drug-likeness (QED) is 0.862. The largest absolute Gasteiger partial charge is 0.508 e. The predicted molar refractivity (Wildman–Crippen MR) is 71.0 cm³/mol. The normalized spacial score (nSPS) is 22.9. The minimum absolute atomic E-state index is 0.0996. The number of hydrogen-bond acceptors (Lipinski definition) is 3. The van der Waals surface area contributed by atoms with Crippen LogP contribution in [0.15, 0.2) is 18.2 Å². The van der Waals surface area contributed by atoms with Gasteiger partial charge in [-0.25, -0.2) is 0 Å². The molecule has 3 nitrogen and oxygen atoms in total. The third-order valence-electron chi connectivity index (χ3n) is 4.25. The van der Waals surface area contributed by atoms with Crippen molar-refractivity contribution < 1.29 is 14.9 Å². The lowest BCUT2D eigenvalue weighted by Crippen LogP contribution is -2.38. The molecular formula is C15H22O3. The number of benzene rings is 1. The van der Waals surface area contributed by atoms with Gasteiger partial charge in [0.25, 0.3) is 0 Å². The fraction of sp³-hybridized carbons (Fsp3) is 0.600. The average molecular weight is 250 g/mol. The number of hydrogen-bond donors (Lipinski definition) is 2. The Balaban J connectivity index is 2.28. The number of rotatable bonds is 3. The standard InChI is InChI=1S/C15H22O3/c1-3-15(4-2)10-11(8-9-18-15)14-12(16)6-5-7-13(14)17/h5-7,11,16-17H,3-4,8-10H2,1-2H3. The van der Waals surface area contributed by atoms with Crippen LogP contribution in [0.25, 0.3) is 0 Å². The summed E-state index contributed by atoms with van der Waals surface area (Å²) in [6.07, 6.45) is 3.65. The summed E-state index contributed by atoms with van der Waals surface area (Å²) in [6.45, 7) is 4.97. The van der Waals surface area contributed by atoms with Gasteiger partial charge in [-0.3, -0.25) is 0 Å². The van der Waals surface area contributed by atoms with Crippen LogP contribution in [-0.2, 0) is 4.74 Å². The maximum atomic E-state index is 9.96. The first kappa shape index (κ1) is 13.2. The van der Waals surface area contributed by atoms with Crippen LogP contribution in [-0.4, -0.2) is 22.4 Å². The molecule has 1 aliphatic heterocycles. The van der Waals surface area contributed by atoms with Crippen molar-refractivity contribution in [1.29, 1.82) is 0 Å². The molecule has 2 rings (SSSR count). The van der Waals surface area contributed by atoms with Crippen LogP contribution < -0.4 is 0 Å². The van der Waals surface area contributed by atoms with E-state index in [1.54, 1.807) is 18.2 Å². The summed E-state index contributed by atoms with van der Waals surface area (Å²) in [6, 6.07) is 4.95. The molecule has 0 aromatic heterocycles. The number of phenols is 2. The van der Waals surface area contributed by atoms with Gasteiger partial charge in [-0.2, -0.15) is 0 Å². The molecule has 0 aliphatic carbocycles. The van der Waals surface area contributed by atoms with Gasteiger partial charge in [-0.15, -0.1) is 0 Å². The summed E-state index contributed by atoms with van der Waals surface area (Å²) in [5.41, 5.74) is 0.588. The van der Waals surface area contributed by atoms with E-state index in [4.69, 9.17) is 4.74 Å². The van der Waals surface area contributed by atoms with E-state index < -0.39 is 0 Å². The van der Waals surface area contributed by atoms with Crippen LogP contribution in [0.1, 0.15) is 51.0 Å². The highest BCUT2D eigenvalue weighted by atomic mass is 16.5. The Kier molecular flexibility index (Phi) is 3.81. The highest BCUT2D eigenvalue weighted by molar-refractivity contribution is 5.45. The molecule has 1 aromatic carbocycles. The third kappa shape index (κ3) is 2.32. The molecule has 1 aromatic rings. The van der Waals surface area contributed by atoms with Crippen LogP contribution >= 0.6 is 0 Å². The van der Waals surface area contributed by atoms with E-state index in [2.05, 4.69) is 13.8 Å². The van der Waals surface area contributed by atoms with Crippen molar-refractivity contribution in [1.82, 2.24) is 0 Å². The zero-order valence-corrected chi connectivity index (χ0v) is 11.1. The summed E-state index contributed by atoms with van der Waals surface area (Å²) < 4.78 is 5.93. The first-order valence-electron chi connectivity index (χ1n) is 6.76. The number of ether oxygens (including phenoxy) is 1. The fourth-order valence-electron chi connectivity index (χ4n) is 2.98. The lowest BCUT2D eigenvalue weighted by atomic mass is 9.78. The van der Waals surface area contributed by atoms with Crippen molar-refractivity contribution in [3.63, 3.8) is 0 Å². The molecule has 1 fully saturated rings. The Morgan fingerprint density at radius 3 is 2.39 bits per heavy atom. The summed E-state index contributed by atoms with van der Waals surface area (Å²) in [5.74, 6) is 0.575. The minimum Gasteiger partial charge on any atom is -0.508 e. The second-order valence-corrected chi connectivity index (χ2v) is 5.14. The lowest BCUT2D eigenvalue weighted by molar-refractivity contribution is -0.0903. The van der Waals surface area contributed by atoms with E-state index in [1.165, 1.54) is 0 Å². The lowest BCUT2D eigenvalue weighted by Gasteiger charge is -2.40. The molecule has 1 saturated heterocycles. The van der Waals surface area contributed by atoms with Gasteiger partial charge in [-0.05, 0) is 43.7 Å². The highest BCUT2D eigenvalue weighted by Gasteiger charge is 2.36. The summed E-state index contributed by atoms with van der Waals surface area (Å²) in [7, 11) is 0. The molecule has 1 heterocycles. The van der Waals surface area contributed by atoms with Crippen molar-refractivity contribution in [2.24, 2.45) is 0 Å². The summed E-state index contributed by atoms with van der Waals surface area (Å²) >= 11 is 0. The van der Waals surface area contributed by atoms with Crippen molar-refractivity contribution >= 4 is 0 Å². The number of aromatic hydroxyl groups is 2. The van der Waals surface area contributed by atoms with Gasteiger partial charge in [0.05, 0.1) is 5.60 Å². The Labute approximate surface area is 108 Å². The predicted octanol–water partition coefficient (Wildman–Crippen LogP) is 3.55. The third-order valence-corrected chi connectivity index (χ3v) is 4.25. The van der Waals surface area contributed by atoms with Gasteiger partial charge in [-0.1, -0.05) is 19.9 Å². The van der Waals surface area contributed by atoms with Gasteiger partial charge in [0, 0.05) is 12.2 Å². The van der Waals surface area contributed by atoms with Gasteiger partial charge < -0.3 is 14.9 Å². The maximum absolute atomic E-state index is 9.96. The van der Waals surface area contributed by atoms with Gasteiger partial charge in [0.1, 0.15) is 11.5 Å². The maximum Gasteiger partial charge on any atom is 0.122 e. The molecule has 1 unspecified atom stereocenters. The Hall–Kier alpha value is -1.22. The molecule has 0 saturated carbocycles. The van der Waals surface area contributed by atoms with E-state index in [1.807, 2.05) is 0 Å². The van der Waals surface area contributed by atoms with Crippen molar-refractivity contribution in [2.45, 2.75) is 51.0 Å². The van der Waals surface area contributed by atoms with Gasteiger partial charge in [0.15, 0.2) is 0 Å². The van der Waals surface area contributed by atoms with Gasteiger partial charge in [0.2, 0.25) is 0 Å². The second-order valence-electron chi connectivity index (χ2n) is 5.14. The topological polar surface area (TPSA) is 49.7 Å². The first-order valence-corrected chi connectivity index (χ1v) is 6.76.